The maximum absolute atomic E-state index is 13.5. The van der Waals surface area contributed by atoms with E-state index in [2.05, 4.69) is 41.0 Å². The molecule has 2 saturated heterocycles. The predicted molar refractivity (Wildman–Crippen MR) is 201 cm³/mol. The fourth-order valence-electron chi connectivity index (χ4n) is 7.91. The normalized spacial score (nSPS) is 31.0. The van der Waals surface area contributed by atoms with Crippen molar-refractivity contribution in [2.45, 2.75) is 134 Å². The quantitative estimate of drug-likeness (QED) is 0.141. The molecule has 1 aromatic heterocycles. The van der Waals surface area contributed by atoms with Crippen molar-refractivity contribution in [3.63, 3.8) is 0 Å². The lowest BCUT2D eigenvalue weighted by molar-refractivity contribution is -0.151. The van der Waals surface area contributed by atoms with E-state index in [-0.39, 0.29) is 31.1 Å². The van der Waals surface area contributed by atoms with Gasteiger partial charge in [-0.1, -0.05) is 69.9 Å². The highest BCUT2D eigenvalue weighted by molar-refractivity contribution is 5.70. The lowest BCUT2D eigenvalue weighted by atomic mass is 9.88. The number of esters is 1. The number of ether oxygens (including phenoxy) is 2. The van der Waals surface area contributed by atoms with E-state index in [0.717, 1.165) is 43.3 Å². The van der Waals surface area contributed by atoms with Crippen molar-refractivity contribution in [1.29, 1.82) is 0 Å². The Kier molecular flexibility index (Phi) is 14.2. The van der Waals surface area contributed by atoms with Crippen molar-refractivity contribution in [2.24, 2.45) is 5.92 Å². The number of cyclic esters (lactones) is 1. The van der Waals surface area contributed by atoms with E-state index in [1.807, 2.05) is 32.1 Å². The van der Waals surface area contributed by atoms with Crippen LogP contribution in [0.4, 0.5) is 10.6 Å². The maximum atomic E-state index is 13.5. The van der Waals surface area contributed by atoms with Crippen LogP contribution in [0.25, 0.3) is 0 Å². The summed E-state index contributed by atoms with van der Waals surface area (Å²) in [4.78, 5) is 38.0. The summed E-state index contributed by atoms with van der Waals surface area (Å²) in [6, 6.07) is 6.79. The van der Waals surface area contributed by atoms with Crippen molar-refractivity contribution in [1.82, 2.24) is 14.8 Å². The van der Waals surface area contributed by atoms with E-state index in [0.29, 0.717) is 19.1 Å². The van der Waals surface area contributed by atoms with Gasteiger partial charge in [-0.15, -0.1) is 0 Å². The molecule has 5 rings (SSSR count). The molecule has 1 aromatic rings. The first-order chi connectivity index (χ1) is 24.5. The predicted octanol–water partition coefficient (Wildman–Crippen LogP) is 6.53. The number of anilines is 1. The summed E-state index contributed by atoms with van der Waals surface area (Å²) in [5.41, 5.74) is 0.386. The van der Waals surface area contributed by atoms with Gasteiger partial charge in [0.1, 0.15) is 17.5 Å². The second-order valence-electron chi connectivity index (χ2n) is 15.6. The Labute approximate surface area is 305 Å². The highest BCUT2D eigenvalue weighted by Crippen LogP contribution is 2.29. The van der Waals surface area contributed by atoms with Gasteiger partial charge in [0, 0.05) is 62.8 Å². The largest absolute Gasteiger partial charge is 0.457 e. The summed E-state index contributed by atoms with van der Waals surface area (Å²) in [5, 5.41) is 22.3. The molecular weight excluding hydrogens is 644 g/mol. The maximum Gasteiger partial charge on any atom is 0.410 e. The van der Waals surface area contributed by atoms with E-state index in [9.17, 15) is 19.8 Å². The number of piperazine rings is 1. The Hall–Kier alpha value is -3.21. The number of hydrogen-bond acceptors (Lipinski definition) is 9. The number of amides is 1. The van der Waals surface area contributed by atoms with Gasteiger partial charge in [0.25, 0.3) is 0 Å². The number of carbonyl (C=O) groups is 2. The summed E-state index contributed by atoms with van der Waals surface area (Å²) in [5.74, 6) is 0.314. The lowest BCUT2D eigenvalue weighted by Crippen LogP contribution is -2.53. The van der Waals surface area contributed by atoms with E-state index >= 15 is 0 Å². The SMILES string of the molecule is C/C(=C\C=C\C(C)c1cccc(N2CCCC2)n1)[C@H]1OC(=O)C[C@@H](O)CC[C@](C)(O)[C@@H](OC(=O)N2CCN(C3CCCCCC3)CC2)/C=C\[C@@H]1C. The standard InChI is InChI=1S/C41H62N4O6/c1-30(35-17-12-18-37(42-35)44-23-9-10-24-44)13-11-14-31(2)39-32(3)19-20-36(41(4,49)22-21-34(46)29-38(47)51-39)50-40(48)45-27-25-43(26-28-45)33-15-7-5-6-8-16-33/h11-14,17-20,30,32-34,36,39,46,49H,5-10,15-16,21-29H2,1-4H3/b13-11+,20-19-,31-14+/t30?,32-,34-,36-,39+,41-/m0/s1. The molecule has 4 heterocycles. The molecule has 1 aliphatic carbocycles. The van der Waals surface area contributed by atoms with Gasteiger partial charge in [-0.25, -0.2) is 9.78 Å². The molecule has 51 heavy (non-hydrogen) atoms. The summed E-state index contributed by atoms with van der Waals surface area (Å²) in [6.45, 7) is 12.5. The number of aliphatic hydroxyl groups is 2. The number of carbonyl (C=O) groups excluding carboxylic acids is 2. The highest BCUT2D eigenvalue weighted by Gasteiger charge is 2.37. The Morgan fingerprint density at radius 3 is 2.43 bits per heavy atom. The lowest BCUT2D eigenvalue weighted by Gasteiger charge is -2.40. The molecule has 1 saturated carbocycles. The monoisotopic (exact) mass is 706 g/mol. The van der Waals surface area contributed by atoms with Crippen LogP contribution < -0.4 is 4.90 Å². The van der Waals surface area contributed by atoms with Gasteiger partial charge < -0.3 is 29.5 Å². The van der Waals surface area contributed by atoms with Crippen LogP contribution in [0.1, 0.15) is 110 Å². The van der Waals surface area contributed by atoms with Gasteiger partial charge in [0.15, 0.2) is 6.10 Å². The van der Waals surface area contributed by atoms with Crippen molar-refractivity contribution in [3.8, 4) is 0 Å². The minimum Gasteiger partial charge on any atom is -0.457 e. The molecule has 4 aliphatic rings. The Morgan fingerprint density at radius 2 is 1.73 bits per heavy atom. The summed E-state index contributed by atoms with van der Waals surface area (Å²) < 4.78 is 12.0. The van der Waals surface area contributed by atoms with Crippen molar-refractivity contribution >= 4 is 17.9 Å². The highest BCUT2D eigenvalue weighted by atomic mass is 16.6. The van der Waals surface area contributed by atoms with Crippen molar-refractivity contribution in [2.75, 3.05) is 44.2 Å². The van der Waals surface area contributed by atoms with Gasteiger partial charge >= 0.3 is 12.1 Å². The average Bonchev–Trinajstić information content (AvgIpc) is 3.53. The van der Waals surface area contributed by atoms with E-state index in [1.165, 1.54) is 51.4 Å². The second-order valence-corrected chi connectivity index (χ2v) is 15.6. The van der Waals surface area contributed by atoms with Crippen LogP contribution in [-0.4, -0.2) is 106 Å². The first-order valence-electron chi connectivity index (χ1n) is 19.5. The first-order valence-corrected chi connectivity index (χ1v) is 19.5. The zero-order chi connectivity index (χ0) is 36.4. The molecule has 0 spiro atoms. The molecule has 282 valence electrons. The summed E-state index contributed by atoms with van der Waals surface area (Å²) >= 11 is 0. The first kappa shape index (κ1) is 39.0. The van der Waals surface area contributed by atoms with E-state index < -0.39 is 36.0 Å². The molecule has 2 N–H and O–H groups in total. The average molecular weight is 707 g/mol. The van der Waals surface area contributed by atoms with Gasteiger partial charge in [0.05, 0.1) is 12.5 Å². The zero-order valence-electron chi connectivity index (χ0n) is 31.4. The number of hydrogen-bond donors (Lipinski definition) is 2. The fourth-order valence-corrected chi connectivity index (χ4v) is 7.91. The van der Waals surface area contributed by atoms with E-state index in [1.54, 1.807) is 17.9 Å². The Balaban J connectivity index is 1.26. The minimum atomic E-state index is -1.45. The molecule has 3 fully saturated rings. The van der Waals surface area contributed by atoms with Gasteiger partial charge in [-0.05, 0) is 76.2 Å². The Bertz CT molecular complexity index is 1370. The zero-order valence-corrected chi connectivity index (χ0v) is 31.4. The molecule has 1 unspecified atom stereocenters. The number of pyridine rings is 1. The van der Waals surface area contributed by atoms with E-state index in [4.69, 9.17) is 14.5 Å². The van der Waals surface area contributed by atoms with Crippen LogP contribution in [0.3, 0.4) is 0 Å². The number of aromatic nitrogens is 1. The van der Waals surface area contributed by atoms with Crippen LogP contribution in [0.5, 0.6) is 0 Å². The third kappa shape index (κ3) is 11.1. The number of aliphatic hydroxyl groups excluding tert-OH is 1. The minimum absolute atomic E-state index is 0.0837. The smallest absolute Gasteiger partial charge is 0.410 e. The fraction of sp³-hybridized carbons (Fsp3) is 0.683. The number of nitrogens with zero attached hydrogens (tertiary/aromatic N) is 4. The molecule has 10 nitrogen and oxygen atoms in total. The van der Waals surface area contributed by atoms with Crippen molar-refractivity contribution in [3.05, 3.63) is 59.8 Å². The van der Waals surface area contributed by atoms with Crippen LogP contribution in [0.15, 0.2) is 54.2 Å². The summed E-state index contributed by atoms with van der Waals surface area (Å²) in [7, 11) is 0. The molecule has 6 atom stereocenters. The molecule has 0 radical (unpaired) electrons. The Morgan fingerprint density at radius 1 is 1.02 bits per heavy atom. The van der Waals surface area contributed by atoms with Crippen LogP contribution in [0, 0.1) is 5.92 Å². The second kappa shape index (κ2) is 18.5. The van der Waals surface area contributed by atoms with Crippen LogP contribution >= 0.6 is 0 Å². The molecule has 3 aliphatic heterocycles. The van der Waals surface area contributed by atoms with Gasteiger partial charge in [-0.3, -0.25) is 9.69 Å². The molecule has 10 heteroatoms. The van der Waals surface area contributed by atoms with Crippen LogP contribution in [-0.2, 0) is 14.3 Å². The molecule has 1 amide bonds. The van der Waals surface area contributed by atoms with Crippen LogP contribution in [0.2, 0.25) is 0 Å². The molecule has 0 aromatic carbocycles. The topological polar surface area (TPSA) is 116 Å². The van der Waals surface area contributed by atoms with Gasteiger partial charge in [-0.2, -0.15) is 0 Å². The third-order valence-electron chi connectivity index (χ3n) is 11.3. The van der Waals surface area contributed by atoms with Crippen molar-refractivity contribution < 1.29 is 29.3 Å². The van der Waals surface area contributed by atoms with Gasteiger partial charge in [0.2, 0.25) is 0 Å². The molecule has 0 bridgehead atoms. The number of allylic oxidation sites excluding steroid dienone is 3. The third-order valence-corrected chi connectivity index (χ3v) is 11.3. The number of rotatable bonds is 7. The molecular formula is C41H62N4O6. The summed E-state index contributed by atoms with van der Waals surface area (Å²) in [6.07, 6.45) is 16.8.